The van der Waals surface area contributed by atoms with Gasteiger partial charge >= 0.3 is 6.18 Å². The molecule has 4 rings (SSSR count). The molecule has 2 heterocycles. The van der Waals surface area contributed by atoms with Crippen LogP contribution in [0.4, 0.5) is 35.3 Å². The van der Waals surface area contributed by atoms with Gasteiger partial charge in [0.1, 0.15) is 11.6 Å². The van der Waals surface area contributed by atoms with Crippen molar-refractivity contribution >= 4 is 17.7 Å². The van der Waals surface area contributed by atoms with Crippen LogP contribution >= 0.6 is 0 Å². The third-order valence-corrected chi connectivity index (χ3v) is 4.42. The largest absolute Gasteiger partial charge is 0.416 e. The number of aryl methyl sites for hydroxylation is 1. The highest BCUT2D eigenvalue weighted by atomic mass is 19.4. The van der Waals surface area contributed by atoms with Crippen molar-refractivity contribution in [2.75, 3.05) is 10.6 Å². The summed E-state index contributed by atoms with van der Waals surface area (Å²) in [6, 6.07) is 4.28. The highest BCUT2D eigenvalue weighted by Gasteiger charge is 2.31. The van der Waals surface area contributed by atoms with Crippen molar-refractivity contribution in [3.05, 3.63) is 52.7 Å². The smallest absolute Gasteiger partial charge is 0.350 e. The summed E-state index contributed by atoms with van der Waals surface area (Å²) in [5.41, 5.74) is 0.0761. The van der Waals surface area contributed by atoms with Crippen LogP contribution in [0.2, 0.25) is 0 Å². The summed E-state index contributed by atoms with van der Waals surface area (Å²) in [6.07, 6.45) is -2.31. The number of hydrogen-bond donors (Lipinski definition) is 3. The van der Waals surface area contributed by atoms with Crippen LogP contribution in [-0.4, -0.2) is 25.1 Å². The molecule has 29 heavy (non-hydrogen) atoms. The lowest BCUT2D eigenvalue weighted by Crippen LogP contribution is -2.10. The van der Waals surface area contributed by atoms with E-state index in [1.165, 1.54) is 0 Å². The molecule has 0 radical (unpaired) electrons. The Bertz CT molecular complexity index is 1030. The fourth-order valence-corrected chi connectivity index (χ4v) is 2.78. The first-order chi connectivity index (χ1) is 13.8. The summed E-state index contributed by atoms with van der Waals surface area (Å²) in [6.45, 7) is 1.58. The topological polar surface area (TPSA) is 91.4 Å². The van der Waals surface area contributed by atoms with Crippen molar-refractivity contribution in [2.45, 2.75) is 38.4 Å². The SMILES string of the molecule is Cc1nc(NCc2ccc(C(F)(F)F)cc2F)nc(Nc2cc(C3CC3)[nH]n2)n1. The third-order valence-electron chi connectivity index (χ3n) is 4.42. The molecule has 1 fully saturated rings. The second-order valence-corrected chi connectivity index (χ2v) is 6.80. The number of hydrogen-bond acceptors (Lipinski definition) is 6. The Kier molecular flexibility index (Phi) is 4.81. The number of nitrogens with one attached hydrogen (secondary N) is 3. The summed E-state index contributed by atoms with van der Waals surface area (Å²) >= 11 is 0. The monoisotopic (exact) mass is 407 g/mol. The van der Waals surface area contributed by atoms with Crippen LogP contribution in [-0.2, 0) is 12.7 Å². The lowest BCUT2D eigenvalue weighted by molar-refractivity contribution is -0.137. The summed E-state index contributed by atoms with van der Waals surface area (Å²) in [5.74, 6) is 0.960. The minimum atomic E-state index is -4.59. The molecule has 0 unspecified atom stereocenters. The number of aromatic amines is 1. The molecule has 2 aromatic heterocycles. The van der Waals surface area contributed by atoms with Crippen molar-refractivity contribution in [2.24, 2.45) is 0 Å². The Morgan fingerprint density at radius 1 is 1.10 bits per heavy atom. The van der Waals surface area contributed by atoms with Gasteiger partial charge in [0.05, 0.1) is 5.56 Å². The first kappa shape index (κ1) is 19.1. The maximum absolute atomic E-state index is 14.0. The van der Waals surface area contributed by atoms with Gasteiger partial charge in [-0.3, -0.25) is 5.10 Å². The normalized spacial score (nSPS) is 14.1. The summed E-state index contributed by atoms with van der Waals surface area (Å²) in [7, 11) is 0. The van der Waals surface area contributed by atoms with Crippen molar-refractivity contribution in [1.82, 2.24) is 25.1 Å². The summed E-state index contributed by atoms with van der Waals surface area (Å²) in [5, 5.41) is 12.9. The van der Waals surface area contributed by atoms with Gasteiger partial charge in [0.2, 0.25) is 11.9 Å². The van der Waals surface area contributed by atoms with Crippen LogP contribution in [0.3, 0.4) is 0 Å². The van der Waals surface area contributed by atoms with E-state index in [1.807, 2.05) is 6.07 Å². The first-order valence-corrected chi connectivity index (χ1v) is 8.92. The number of H-pyrrole nitrogens is 1. The highest BCUT2D eigenvalue weighted by Crippen LogP contribution is 2.39. The maximum atomic E-state index is 14.0. The number of nitrogens with zero attached hydrogens (tertiary/aromatic N) is 4. The van der Waals surface area contributed by atoms with Gasteiger partial charge in [-0.15, -0.1) is 0 Å². The van der Waals surface area contributed by atoms with Crippen LogP contribution in [0.15, 0.2) is 24.3 Å². The van der Waals surface area contributed by atoms with Gasteiger partial charge in [0.15, 0.2) is 5.82 Å². The summed E-state index contributed by atoms with van der Waals surface area (Å²) in [4.78, 5) is 12.5. The molecule has 0 atom stereocenters. The first-order valence-electron chi connectivity index (χ1n) is 8.92. The number of aromatic nitrogens is 5. The van der Waals surface area contributed by atoms with Crippen LogP contribution < -0.4 is 10.6 Å². The number of rotatable bonds is 6. The van der Waals surface area contributed by atoms with Crippen LogP contribution in [0.5, 0.6) is 0 Å². The molecule has 1 aliphatic carbocycles. The van der Waals surface area contributed by atoms with E-state index in [-0.39, 0.29) is 24.0 Å². The van der Waals surface area contributed by atoms with E-state index < -0.39 is 17.6 Å². The van der Waals surface area contributed by atoms with Crippen molar-refractivity contribution in [3.63, 3.8) is 0 Å². The van der Waals surface area contributed by atoms with E-state index in [1.54, 1.807) is 6.92 Å². The lowest BCUT2D eigenvalue weighted by atomic mass is 10.1. The van der Waals surface area contributed by atoms with E-state index in [9.17, 15) is 17.6 Å². The molecule has 11 heteroatoms. The Hall–Kier alpha value is -3.24. The van der Waals surface area contributed by atoms with Gasteiger partial charge in [-0.1, -0.05) is 6.07 Å². The third kappa shape index (κ3) is 4.61. The molecule has 1 aliphatic rings. The van der Waals surface area contributed by atoms with Crippen LogP contribution in [0.25, 0.3) is 0 Å². The predicted molar refractivity (Wildman–Crippen MR) is 97.1 cm³/mol. The molecule has 7 nitrogen and oxygen atoms in total. The van der Waals surface area contributed by atoms with E-state index >= 15 is 0 Å². The number of benzene rings is 1. The van der Waals surface area contributed by atoms with E-state index in [0.29, 0.717) is 23.6 Å². The number of anilines is 3. The van der Waals surface area contributed by atoms with Crippen molar-refractivity contribution in [1.29, 1.82) is 0 Å². The average Bonchev–Trinajstić information content (AvgIpc) is 3.39. The zero-order valence-electron chi connectivity index (χ0n) is 15.3. The van der Waals surface area contributed by atoms with Crippen molar-refractivity contribution < 1.29 is 17.6 Å². The Labute approximate surface area is 163 Å². The fourth-order valence-electron chi connectivity index (χ4n) is 2.78. The molecule has 3 N–H and O–H groups in total. The number of halogens is 4. The highest BCUT2D eigenvalue weighted by molar-refractivity contribution is 5.50. The molecule has 152 valence electrons. The van der Waals surface area contributed by atoms with E-state index in [0.717, 1.165) is 30.7 Å². The average molecular weight is 407 g/mol. The molecule has 0 spiro atoms. The molecule has 1 aromatic carbocycles. The molecule has 0 aliphatic heterocycles. The molecule has 0 saturated heterocycles. The van der Waals surface area contributed by atoms with Gasteiger partial charge in [-0.25, -0.2) is 4.39 Å². The molecule has 3 aromatic rings. The van der Waals surface area contributed by atoms with E-state index in [4.69, 9.17) is 0 Å². The lowest BCUT2D eigenvalue weighted by Gasteiger charge is -2.11. The van der Waals surface area contributed by atoms with Crippen LogP contribution in [0.1, 0.15) is 41.4 Å². The molecule has 0 bridgehead atoms. The van der Waals surface area contributed by atoms with Gasteiger partial charge in [0, 0.05) is 29.8 Å². The minimum Gasteiger partial charge on any atom is -0.350 e. The molecular formula is C18H17F4N7. The fraction of sp³-hybridized carbons (Fsp3) is 0.333. The standard InChI is InChI=1S/C18H17F4N7/c1-9-24-16(23-8-11-4-5-12(6-13(11)19)18(20,21)22)27-17(25-9)26-15-7-14(28-29-15)10-2-3-10/h4-7,10H,2-3,8H2,1H3,(H3,23,24,25,26,27,28,29). The van der Waals surface area contributed by atoms with Gasteiger partial charge < -0.3 is 10.6 Å². The van der Waals surface area contributed by atoms with Gasteiger partial charge in [-0.05, 0) is 31.9 Å². The zero-order valence-corrected chi connectivity index (χ0v) is 15.3. The Morgan fingerprint density at radius 3 is 2.55 bits per heavy atom. The van der Waals surface area contributed by atoms with E-state index in [2.05, 4.69) is 35.8 Å². The second kappa shape index (κ2) is 7.30. The quantitative estimate of drug-likeness (QED) is 0.528. The Morgan fingerprint density at radius 2 is 1.86 bits per heavy atom. The second-order valence-electron chi connectivity index (χ2n) is 6.80. The predicted octanol–water partition coefficient (Wildman–Crippen LogP) is 4.29. The molecular weight excluding hydrogens is 390 g/mol. The van der Waals surface area contributed by atoms with Crippen molar-refractivity contribution in [3.8, 4) is 0 Å². The number of alkyl halides is 3. The molecule has 1 saturated carbocycles. The van der Waals surface area contributed by atoms with Crippen LogP contribution in [0, 0.1) is 12.7 Å². The summed E-state index contributed by atoms with van der Waals surface area (Å²) < 4.78 is 51.9. The Balaban J connectivity index is 1.45. The minimum absolute atomic E-state index is 0.0620. The van der Waals surface area contributed by atoms with Gasteiger partial charge in [0.25, 0.3) is 0 Å². The van der Waals surface area contributed by atoms with Gasteiger partial charge in [-0.2, -0.15) is 33.2 Å². The zero-order chi connectivity index (χ0) is 20.6. The maximum Gasteiger partial charge on any atom is 0.416 e. The molecule has 0 amide bonds.